The maximum atomic E-state index is 13.0. The first-order valence-corrected chi connectivity index (χ1v) is 11.6. The topological polar surface area (TPSA) is 214 Å². The molecule has 0 spiro atoms. The summed E-state index contributed by atoms with van der Waals surface area (Å²) in [5.41, 5.74) is 11.2. The number of primary amides is 1. The number of aliphatic carboxylic acids is 1. The molecule has 0 bridgehead atoms. The van der Waals surface area contributed by atoms with Crippen LogP contribution < -0.4 is 27.4 Å². The van der Waals surface area contributed by atoms with Crippen LogP contribution in [0.3, 0.4) is 0 Å². The second-order valence-electron chi connectivity index (χ2n) is 8.16. The summed E-state index contributed by atoms with van der Waals surface area (Å²) in [6, 6.07) is 1.06. The molecule has 0 aromatic heterocycles. The lowest BCUT2D eigenvalue weighted by Crippen LogP contribution is -2.59. The Morgan fingerprint density at radius 2 is 1.54 bits per heavy atom. The molecule has 35 heavy (non-hydrogen) atoms. The van der Waals surface area contributed by atoms with Gasteiger partial charge in [0, 0.05) is 12.2 Å². The normalized spacial score (nSPS) is 15.1. The van der Waals surface area contributed by atoms with E-state index in [4.69, 9.17) is 11.5 Å². The third-order valence-corrected chi connectivity index (χ3v) is 5.72. The molecule has 0 fully saturated rings. The van der Waals surface area contributed by atoms with Gasteiger partial charge in [-0.1, -0.05) is 32.4 Å². The van der Waals surface area contributed by atoms with E-state index in [-0.39, 0.29) is 23.8 Å². The van der Waals surface area contributed by atoms with Crippen LogP contribution in [0.4, 0.5) is 0 Å². The minimum Gasteiger partial charge on any atom is -0.508 e. The maximum Gasteiger partial charge on any atom is 0.326 e. The maximum absolute atomic E-state index is 13.0. The third kappa shape index (κ3) is 9.83. The average molecular weight is 512 g/mol. The van der Waals surface area contributed by atoms with Crippen LogP contribution in [0.2, 0.25) is 0 Å². The predicted molar refractivity (Wildman–Crippen MR) is 130 cm³/mol. The zero-order valence-electron chi connectivity index (χ0n) is 19.6. The summed E-state index contributed by atoms with van der Waals surface area (Å²) in [5, 5.41) is 26.3. The quantitative estimate of drug-likeness (QED) is 0.139. The number of carboxylic acid groups (broad SMARTS) is 1. The first-order valence-electron chi connectivity index (χ1n) is 11.0. The van der Waals surface area contributed by atoms with Crippen molar-refractivity contribution >= 4 is 42.2 Å². The standard InChI is InChI=1S/C22H33N5O7S/c1-3-11(2)18(27-20(31)16(10-35)26-19(30)14(23)9-17(24)29)21(32)25-15(22(33)34)8-12-4-6-13(28)7-5-12/h4-7,11,14-16,18,28,35H,3,8-10,23H2,1-2H3,(H2,24,29)(H,25,32)(H,26,30)(H,27,31)(H,33,34). The lowest BCUT2D eigenvalue weighted by molar-refractivity contribution is -0.142. The average Bonchev–Trinajstić information content (AvgIpc) is 2.80. The van der Waals surface area contributed by atoms with Crippen LogP contribution in [0, 0.1) is 5.92 Å². The van der Waals surface area contributed by atoms with Gasteiger partial charge in [-0.25, -0.2) is 4.79 Å². The Morgan fingerprint density at radius 1 is 0.971 bits per heavy atom. The highest BCUT2D eigenvalue weighted by atomic mass is 32.1. The number of amides is 4. The van der Waals surface area contributed by atoms with Crippen LogP contribution in [0.25, 0.3) is 0 Å². The van der Waals surface area contributed by atoms with Gasteiger partial charge in [-0.15, -0.1) is 0 Å². The van der Waals surface area contributed by atoms with Crippen LogP contribution >= 0.6 is 12.6 Å². The summed E-state index contributed by atoms with van der Waals surface area (Å²) in [6.45, 7) is 3.50. The van der Waals surface area contributed by atoms with E-state index >= 15 is 0 Å². The summed E-state index contributed by atoms with van der Waals surface area (Å²) < 4.78 is 0. The van der Waals surface area contributed by atoms with E-state index in [0.29, 0.717) is 12.0 Å². The number of carbonyl (C=O) groups is 5. The van der Waals surface area contributed by atoms with Gasteiger partial charge >= 0.3 is 5.97 Å². The fourth-order valence-corrected chi connectivity index (χ4v) is 3.32. The van der Waals surface area contributed by atoms with E-state index in [0.717, 1.165) is 0 Å². The molecule has 5 atom stereocenters. The highest BCUT2D eigenvalue weighted by Crippen LogP contribution is 2.13. The number of thiol groups is 1. The Labute approximate surface area is 208 Å². The predicted octanol–water partition coefficient (Wildman–Crippen LogP) is -1.35. The van der Waals surface area contributed by atoms with Gasteiger partial charge < -0.3 is 37.6 Å². The van der Waals surface area contributed by atoms with Crippen molar-refractivity contribution in [2.75, 3.05) is 5.75 Å². The van der Waals surface area contributed by atoms with E-state index < -0.39 is 60.2 Å². The summed E-state index contributed by atoms with van der Waals surface area (Å²) in [7, 11) is 0. The van der Waals surface area contributed by atoms with Crippen molar-refractivity contribution in [1.29, 1.82) is 0 Å². The Balaban J connectivity index is 2.94. The van der Waals surface area contributed by atoms with Crippen LogP contribution in [0.1, 0.15) is 32.3 Å². The fourth-order valence-electron chi connectivity index (χ4n) is 3.07. The van der Waals surface area contributed by atoms with Crippen molar-refractivity contribution in [1.82, 2.24) is 16.0 Å². The van der Waals surface area contributed by atoms with Crippen LogP contribution in [0.5, 0.6) is 5.75 Å². The SMILES string of the molecule is CCC(C)C(NC(=O)C(CS)NC(=O)C(N)CC(N)=O)C(=O)NC(Cc1ccc(O)cc1)C(=O)O. The van der Waals surface area contributed by atoms with Crippen LogP contribution in [-0.4, -0.2) is 69.7 Å². The number of hydrogen-bond acceptors (Lipinski definition) is 8. The molecule has 194 valence electrons. The van der Waals surface area contributed by atoms with E-state index in [2.05, 4.69) is 28.6 Å². The third-order valence-electron chi connectivity index (χ3n) is 5.36. The molecule has 0 saturated heterocycles. The molecule has 1 aromatic carbocycles. The minimum absolute atomic E-state index is 0.0191. The Morgan fingerprint density at radius 3 is 2.03 bits per heavy atom. The van der Waals surface area contributed by atoms with Crippen LogP contribution in [0.15, 0.2) is 24.3 Å². The molecule has 0 heterocycles. The minimum atomic E-state index is -1.29. The Bertz CT molecular complexity index is 912. The van der Waals surface area contributed by atoms with Gasteiger partial charge in [0.1, 0.15) is 23.9 Å². The lowest BCUT2D eigenvalue weighted by atomic mass is 9.97. The number of phenols is 1. The first-order chi connectivity index (χ1) is 16.4. The van der Waals surface area contributed by atoms with Gasteiger partial charge in [-0.05, 0) is 23.6 Å². The van der Waals surface area contributed by atoms with Gasteiger partial charge in [0.2, 0.25) is 23.6 Å². The van der Waals surface area contributed by atoms with Crippen molar-refractivity contribution in [3.63, 3.8) is 0 Å². The summed E-state index contributed by atoms with van der Waals surface area (Å²) in [4.78, 5) is 60.7. The van der Waals surface area contributed by atoms with Gasteiger partial charge in [-0.3, -0.25) is 19.2 Å². The molecule has 1 aromatic rings. The number of carbonyl (C=O) groups excluding carboxylic acids is 4. The number of benzene rings is 1. The van der Waals surface area contributed by atoms with E-state index in [1.165, 1.54) is 24.3 Å². The molecule has 5 unspecified atom stereocenters. The van der Waals surface area contributed by atoms with Gasteiger partial charge in [0.15, 0.2) is 0 Å². The van der Waals surface area contributed by atoms with Crippen LogP contribution in [-0.2, 0) is 30.4 Å². The molecule has 0 aliphatic carbocycles. The molecule has 0 aliphatic heterocycles. The number of nitrogens with one attached hydrogen (secondary N) is 3. The Hall–Kier alpha value is -3.32. The number of hydrogen-bond donors (Lipinski definition) is 8. The van der Waals surface area contributed by atoms with E-state index in [1.54, 1.807) is 13.8 Å². The van der Waals surface area contributed by atoms with Gasteiger partial charge in [0.25, 0.3) is 0 Å². The second kappa shape index (κ2) is 14.2. The van der Waals surface area contributed by atoms with Crippen molar-refractivity contribution in [3.05, 3.63) is 29.8 Å². The molecule has 13 heteroatoms. The zero-order chi connectivity index (χ0) is 26.7. The molecule has 0 aliphatic rings. The van der Waals surface area contributed by atoms with E-state index in [1.807, 2.05) is 0 Å². The highest BCUT2D eigenvalue weighted by molar-refractivity contribution is 7.80. The monoisotopic (exact) mass is 511 g/mol. The van der Waals surface area contributed by atoms with Crippen molar-refractivity contribution in [2.24, 2.45) is 17.4 Å². The fraction of sp³-hybridized carbons (Fsp3) is 0.500. The number of rotatable bonds is 14. The molecular weight excluding hydrogens is 478 g/mol. The summed E-state index contributed by atoms with van der Waals surface area (Å²) in [5.74, 6) is -4.78. The molecular formula is C22H33N5O7S. The van der Waals surface area contributed by atoms with Gasteiger partial charge in [0.05, 0.1) is 12.5 Å². The lowest BCUT2D eigenvalue weighted by Gasteiger charge is -2.27. The summed E-state index contributed by atoms with van der Waals surface area (Å²) >= 11 is 4.06. The van der Waals surface area contributed by atoms with E-state index in [9.17, 15) is 34.2 Å². The summed E-state index contributed by atoms with van der Waals surface area (Å²) in [6.07, 6.45) is 0.0211. The largest absolute Gasteiger partial charge is 0.508 e. The molecule has 9 N–H and O–H groups in total. The molecule has 0 radical (unpaired) electrons. The van der Waals surface area contributed by atoms with Crippen molar-refractivity contribution < 1.29 is 34.2 Å². The molecule has 0 saturated carbocycles. The smallest absolute Gasteiger partial charge is 0.326 e. The molecule has 12 nitrogen and oxygen atoms in total. The number of aromatic hydroxyl groups is 1. The van der Waals surface area contributed by atoms with Gasteiger partial charge in [-0.2, -0.15) is 12.6 Å². The second-order valence-corrected chi connectivity index (χ2v) is 8.53. The molecule has 1 rings (SSSR count). The Kier molecular flexibility index (Phi) is 12.0. The highest BCUT2D eigenvalue weighted by Gasteiger charge is 2.32. The van der Waals surface area contributed by atoms with Crippen molar-refractivity contribution in [2.45, 2.75) is 57.3 Å². The number of carboxylic acids is 1. The number of nitrogens with two attached hydrogens (primary N) is 2. The first kappa shape index (κ1) is 29.7. The van der Waals surface area contributed by atoms with Crippen molar-refractivity contribution in [3.8, 4) is 5.75 Å². The number of phenolic OH excluding ortho intramolecular Hbond substituents is 1. The molecule has 4 amide bonds. The zero-order valence-corrected chi connectivity index (χ0v) is 20.5.